The molecule has 0 bridgehead atoms. The van der Waals surface area contributed by atoms with Gasteiger partial charge in [0.2, 0.25) is 0 Å². The Morgan fingerprint density at radius 1 is 1.39 bits per heavy atom. The summed E-state index contributed by atoms with van der Waals surface area (Å²) in [4.78, 5) is 18.2. The van der Waals surface area contributed by atoms with Crippen molar-refractivity contribution in [3.63, 3.8) is 0 Å². The molecule has 1 N–H and O–H groups in total. The van der Waals surface area contributed by atoms with Gasteiger partial charge in [-0.1, -0.05) is 0 Å². The molecule has 0 radical (unpaired) electrons. The maximum Gasteiger partial charge on any atom is 0.303 e. The maximum absolute atomic E-state index is 15.3. The highest BCUT2D eigenvalue weighted by molar-refractivity contribution is 7.98. The van der Waals surface area contributed by atoms with Crippen LogP contribution in [-0.2, 0) is 4.79 Å². The van der Waals surface area contributed by atoms with E-state index in [9.17, 15) is 9.90 Å². The Morgan fingerprint density at radius 3 is 2.97 bits per heavy atom. The standard InChI is InChI=1S/C24H33FN2O3S/c1-30-19-5-7-23-21(15-19)20(8-10-26-23)22(25)6-4-17-9-12-27(11-3-13-31-2)16-18(17)14-24(28)29/h5,7-8,10,15,17-18,22H,3-4,6,9,11-14,16H2,1-2H3,(H,28,29)/t17-,18+,22?/m1/s1. The number of ether oxygens (including phenoxy) is 1. The van der Waals surface area contributed by atoms with Gasteiger partial charge in [-0.15, -0.1) is 0 Å². The molecule has 1 aliphatic heterocycles. The van der Waals surface area contributed by atoms with Crippen molar-refractivity contribution in [2.45, 2.75) is 38.3 Å². The zero-order valence-corrected chi connectivity index (χ0v) is 19.2. The largest absolute Gasteiger partial charge is 0.497 e. The highest BCUT2D eigenvalue weighted by atomic mass is 32.2. The van der Waals surface area contributed by atoms with Gasteiger partial charge in [0.05, 0.1) is 12.6 Å². The molecule has 1 fully saturated rings. The Balaban J connectivity index is 1.65. The minimum atomic E-state index is -1.11. The second-order valence-corrected chi connectivity index (χ2v) is 9.37. The van der Waals surface area contributed by atoms with Crippen molar-refractivity contribution in [3.05, 3.63) is 36.0 Å². The number of likely N-dealkylation sites (tertiary alicyclic amines) is 1. The van der Waals surface area contributed by atoms with Gasteiger partial charge in [0.15, 0.2) is 0 Å². The van der Waals surface area contributed by atoms with E-state index in [1.54, 1.807) is 19.4 Å². The molecule has 3 atom stereocenters. The zero-order valence-electron chi connectivity index (χ0n) is 18.4. The number of fused-ring (bicyclic) bond motifs is 1. The smallest absolute Gasteiger partial charge is 0.303 e. The number of methoxy groups -OCH3 is 1. The summed E-state index contributed by atoms with van der Waals surface area (Å²) in [6.07, 6.45) is 5.96. The van der Waals surface area contributed by atoms with Crippen LogP contribution in [-0.4, -0.2) is 59.7 Å². The van der Waals surface area contributed by atoms with Gasteiger partial charge in [0, 0.05) is 24.5 Å². The molecule has 0 saturated carbocycles. The molecule has 1 unspecified atom stereocenters. The first kappa shape index (κ1) is 23.8. The molecule has 2 aromatic rings. The fourth-order valence-corrected chi connectivity index (χ4v) is 5.11. The number of carboxylic acid groups (broad SMARTS) is 1. The molecule has 3 rings (SSSR count). The Morgan fingerprint density at radius 2 is 2.23 bits per heavy atom. The summed E-state index contributed by atoms with van der Waals surface area (Å²) in [6.45, 7) is 2.79. The summed E-state index contributed by atoms with van der Waals surface area (Å²) in [5.74, 6) is 1.38. The number of hydrogen-bond donors (Lipinski definition) is 1. The number of carbonyl (C=O) groups is 1. The van der Waals surface area contributed by atoms with E-state index in [4.69, 9.17) is 4.74 Å². The predicted molar refractivity (Wildman–Crippen MR) is 125 cm³/mol. The lowest BCUT2D eigenvalue weighted by molar-refractivity contribution is -0.139. The van der Waals surface area contributed by atoms with E-state index >= 15 is 4.39 Å². The maximum atomic E-state index is 15.3. The number of alkyl halides is 1. The van der Waals surface area contributed by atoms with Gasteiger partial charge in [-0.05, 0) is 92.4 Å². The molecule has 1 saturated heterocycles. The number of aromatic nitrogens is 1. The number of rotatable bonds is 11. The normalized spacial score (nSPS) is 20.6. The van der Waals surface area contributed by atoms with Gasteiger partial charge < -0.3 is 14.7 Å². The number of halogens is 1. The van der Waals surface area contributed by atoms with Crippen molar-refractivity contribution < 1.29 is 19.0 Å². The average molecular weight is 449 g/mol. The van der Waals surface area contributed by atoms with Crippen LogP contribution in [0.2, 0.25) is 0 Å². The van der Waals surface area contributed by atoms with Gasteiger partial charge in [0.1, 0.15) is 11.9 Å². The number of carboxylic acids is 1. The first-order valence-corrected chi connectivity index (χ1v) is 12.4. The highest BCUT2D eigenvalue weighted by Crippen LogP contribution is 2.36. The third kappa shape index (κ3) is 6.56. The van der Waals surface area contributed by atoms with Crippen LogP contribution >= 0.6 is 11.8 Å². The van der Waals surface area contributed by atoms with Gasteiger partial charge in [0.25, 0.3) is 0 Å². The van der Waals surface area contributed by atoms with Gasteiger partial charge in [-0.3, -0.25) is 9.78 Å². The van der Waals surface area contributed by atoms with Crippen molar-refractivity contribution in [2.75, 3.05) is 38.8 Å². The van der Waals surface area contributed by atoms with Crippen LogP contribution in [0.15, 0.2) is 30.5 Å². The minimum absolute atomic E-state index is 0.0852. The van der Waals surface area contributed by atoms with Crippen LogP contribution in [0.5, 0.6) is 5.75 Å². The lowest BCUT2D eigenvalue weighted by Crippen LogP contribution is -2.42. The van der Waals surface area contributed by atoms with Crippen LogP contribution in [0, 0.1) is 11.8 Å². The Hall–Kier alpha value is -1.86. The minimum Gasteiger partial charge on any atom is -0.497 e. The molecule has 1 aliphatic rings. The number of aliphatic carboxylic acids is 1. The molecular formula is C24H33FN2O3S. The van der Waals surface area contributed by atoms with Gasteiger partial charge in [-0.25, -0.2) is 4.39 Å². The average Bonchev–Trinajstić information content (AvgIpc) is 2.77. The van der Waals surface area contributed by atoms with Crippen molar-refractivity contribution in [1.29, 1.82) is 0 Å². The number of hydrogen-bond acceptors (Lipinski definition) is 5. The summed E-state index contributed by atoms with van der Waals surface area (Å²) < 4.78 is 20.6. The zero-order chi connectivity index (χ0) is 22.2. The fourth-order valence-electron chi connectivity index (χ4n) is 4.69. The summed E-state index contributed by atoms with van der Waals surface area (Å²) in [6, 6.07) is 7.26. The number of pyridine rings is 1. The molecule has 31 heavy (non-hydrogen) atoms. The Kier molecular flexibility index (Phi) is 8.96. The first-order chi connectivity index (χ1) is 15.0. The predicted octanol–water partition coefficient (Wildman–Crippen LogP) is 5.20. The summed E-state index contributed by atoms with van der Waals surface area (Å²) in [7, 11) is 1.60. The lowest BCUT2D eigenvalue weighted by Gasteiger charge is -2.38. The third-order valence-electron chi connectivity index (χ3n) is 6.35. The number of piperidine rings is 1. The molecule has 1 aromatic heterocycles. The van der Waals surface area contributed by atoms with E-state index in [0.29, 0.717) is 24.2 Å². The highest BCUT2D eigenvalue weighted by Gasteiger charge is 2.31. The van der Waals surface area contributed by atoms with Crippen LogP contribution < -0.4 is 4.74 Å². The summed E-state index contributed by atoms with van der Waals surface area (Å²) in [5, 5.41) is 10.2. The second-order valence-electron chi connectivity index (χ2n) is 8.38. The topological polar surface area (TPSA) is 62.7 Å². The molecule has 0 aliphatic carbocycles. The van der Waals surface area contributed by atoms with E-state index in [1.807, 2.05) is 30.0 Å². The van der Waals surface area contributed by atoms with E-state index in [2.05, 4.69) is 16.1 Å². The SMILES string of the molecule is COc1ccc2nccc(C(F)CC[C@@H]3CCN(CCCSC)C[C@@H]3CC(=O)O)c2c1. The summed E-state index contributed by atoms with van der Waals surface area (Å²) >= 11 is 1.84. The van der Waals surface area contributed by atoms with E-state index in [-0.39, 0.29) is 18.3 Å². The van der Waals surface area contributed by atoms with Crippen molar-refractivity contribution in [2.24, 2.45) is 11.8 Å². The van der Waals surface area contributed by atoms with E-state index in [0.717, 1.165) is 49.1 Å². The lowest BCUT2D eigenvalue weighted by atomic mass is 9.79. The van der Waals surface area contributed by atoms with Gasteiger partial charge >= 0.3 is 5.97 Å². The fraction of sp³-hybridized carbons (Fsp3) is 0.583. The molecule has 170 valence electrons. The van der Waals surface area contributed by atoms with E-state index in [1.165, 1.54) is 0 Å². The van der Waals surface area contributed by atoms with Crippen molar-refractivity contribution in [3.8, 4) is 5.75 Å². The quantitative estimate of drug-likeness (QED) is 0.477. The molecule has 2 heterocycles. The third-order valence-corrected chi connectivity index (χ3v) is 7.04. The van der Waals surface area contributed by atoms with E-state index < -0.39 is 12.1 Å². The van der Waals surface area contributed by atoms with Crippen LogP contribution in [0.4, 0.5) is 4.39 Å². The van der Waals surface area contributed by atoms with Crippen molar-refractivity contribution in [1.82, 2.24) is 9.88 Å². The Labute approximate surface area is 188 Å². The van der Waals surface area contributed by atoms with Gasteiger partial charge in [-0.2, -0.15) is 11.8 Å². The molecule has 0 amide bonds. The summed E-state index contributed by atoms with van der Waals surface area (Å²) in [5.41, 5.74) is 1.39. The number of thioether (sulfide) groups is 1. The van der Waals surface area contributed by atoms with Crippen LogP contribution in [0.25, 0.3) is 10.9 Å². The molecule has 5 nitrogen and oxygen atoms in total. The monoisotopic (exact) mass is 448 g/mol. The first-order valence-electron chi connectivity index (χ1n) is 11.0. The number of nitrogens with zero attached hydrogens (tertiary/aromatic N) is 2. The molecule has 7 heteroatoms. The number of benzene rings is 1. The van der Waals surface area contributed by atoms with Crippen LogP contribution in [0.1, 0.15) is 43.8 Å². The Bertz CT molecular complexity index is 866. The van der Waals surface area contributed by atoms with Crippen molar-refractivity contribution >= 4 is 28.6 Å². The second kappa shape index (κ2) is 11.7. The molecule has 1 aromatic carbocycles. The van der Waals surface area contributed by atoms with Crippen LogP contribution in [0.3, 0.4) is 0 Å². The molecule has 0 spiro atoms. The molecular weight excluding hydrogens is 415 g/mol.